The zero-order valence-corrected chi connectivity index (χ0v) is 16.5. The van der Waals surface area contributed by atoms with Crippen molar-refractivity contribution in [2.75, 3.05) is 18.9 Å². The first-order valence-corrected chi connectivity index (χ1v) is 9.11. The van der Waals surface area contributed by atoms with Crippen LogP contribution < -0.4 is 14.8 Å². The van der Waals surface area contributed by atoms with E-state index in [0.717, 1.165) is 0 Å². The first-order valence-electron chi connectivity index (χ1n) is 8.23. The summed E-state index contributed by atoms with van der Waals surface area (Å²) in [5.74, 6) is 0.379. The van der Waals surface area contributed by atoms with Gasteiger partial charge in [0.1, 0.15) is 11.1 Å². The third-order valence-corrected chi connectivity index (χ3v) is 3.53. The molecule has 0 saturated carbocycles. The van der Waals surface area contributed by atoms with Gasteiger partial charge in [0.05, 0.1) is 5.69 Å². The highest BCUT2D eigenvalue weighted by Crippen LogP contribution is 2.36. The van der Waals surface area contributed by atoms with Crippen molar-refractivity contribution in [2.24, 2.45) is 0 Å². The molecule has 6 nitrogen and oxygen atoms in total. The summed E-state index contributed by atoms with van der Waals surface area (Å²) >= 11 is 11.5. The molecule has 2 unspecified atom stereocenters. The highest BCUT2D eigenvalue weighted by molar-refractivity contribution is 6.19. The number of carbonyl (C=O) groups excluding carboxylic acids is 1. The number of halogens is 2. The van der Waals surface area contributed by atoms with Crippen LogP contribution in [0.1, 0.15) is 24.2 Å². The summed E-state index contributed by atoms with van der Waals surface area (Å²) in [5.41, 5.74) is -0.0950. The largest absolute Gasteiger partial charge is 0.464 e. The van der Waals surface area contributed by atoms with Crippen LogP contribution in [0, 0.1) is 0 Å². The topological polar surface area (TPSA) is 66.0 Å². The van der Waals surface area contributed by atoms with E-state index in [9.17, 15) is 4.79 Å². The Labute approximate surface area is 168 Å². The number of anilines is 1. The molecule has 27 heavy (non-hydrogen) atoms. The van der Waals surface area contributed by atoms with E-state index in [1.54, 1.807) is 56.3 Å². The number of nitrogens with one attached hydrogen (secondary N) is 1. The van der Waals surface area contributed by atoms with Crippen molar-refractivity contribution in [3.8, 4) is 11.5 Å². The van der Waals surface area contributed by atoms with Gasteiger partial charge in [-0.1, -0.05) is 47.5 Å². The lowest BCUT2D eigenvalue weighted by Crippen LogP contribution is -2.15. The van der Waals surface area contributed by atoms with Gasteiger partial charge in [0.25, 0.3) is 5.91 Å². The number of rotatable bonds is 10. The van der Waals surface area contributed by atoms with Crippen molar-refractivity contribution >= 4 is 34.8 Å². The number of hydrogen-bond acceptors (Lipinski definition) is 5. The molecule has 0 heterocycles. The molecule has 0 aliphatic carbocycles. The average molecular weight is 414 g/mol. The van der Waals surface area contributed by atoms with E-state index in [-0.39, 0.29) is 19.5 Å². The van der Waals surface area contributed by atoms with Gasteiger partial charge in [-0.15, -0.1) is 0 Å². The molecule has 2 aromatic carbocycles. The molecule has 146 valence electrons. The minimum atomic E-state index is -0.527. The zero-order valence-electron chi connectivity index (χ0n) is 15.0. The second-order valence-corrected chi connectivity index (χ2v) is 6.63. The van der Waals surface area contributed by atoms with E-state index in [4.69, 9.17) is 42.1 Å². The van der Waals surface area contributed by atoms with E-state index in [0.29, 0.717) is 22.7 Å². The summed E-state index contributed by atoms with van der Waals surface area (Å²) in [4.78, 5) is 12.5. The van der Waals surface area contributed by atoms with Gasteiger partial charge >= 0.3 is 0 Å². The number of ether oxygens (including phenoxy) is 4. The highest BCUT2D eigenvalue weighted by atomic mass is 35.5. The Balaban J connectivity index is 2.18. The van der Waals surface area contributed by atoms with Crippen molar-refractivity contribution in [1.29, 1.82) is 0 Å². The molecule has 2 aromatic rings. The Bertz CT molecular complexity index is 725. The van der Waals surface area contributed by atoms with Gasteiger partial charge in [0.2, 0.25) is 0 Å². The maximum atomic E-state index is 12.5. The van der Waals surface area contributed by atoms with Crippen molar-refractivity contribution in [3.05, 3.63) is 54.1 Å². The van der Waals surface area contributed by atoms with Crippen LogP contribution >= 0.6 is 23.2 Å². The first kappa shape index (κ1) is 21.3. The van der Waals surface area contributed by atoms with Crippen LogP contribution in [0.15, 0.2) is 48.5 Å². The van der Waals surface area contributed by atoms with Crippen LogP contribution in [0.3, 0.4) is 0 Å². The van der Waals surface area contributed by atoms with Gasteiger partial charge in [-0.05, 0) is 38.1 Å². The summed E-state index contributed by atoms with van der Waals surface area (Å²) in [6.07, 6.45) is 0. The maximum absolute atomic E-state index is 12.5. The molecule has 0 aromatic heterocycles. The van der Waals surface area contributed by atoms with Crippen molar-refractivity contribution in [2.45, 2.75) is 25.0 Å². The third-order valence-electron chi connectivity index (χ3n) is 3.28. The number of amides is 1. The van der Waals surface area contributed by atoms with Gasteiger partial charge in [-0.3, -0.25) is 4.79 Å². The monoisotopic (exact) mass is 413 g/mol. The van der Waals surface area contributed by atoms with Crippen LogP contribution in [0.2, 0.25) is 0 Å². The summed E-state index contributed by atoms with van der Waals surface area (Å²) < 4.78 is 21.6. The molecule has 0 spiro atoms. The van der Waals surface area contributed by atoms with E-state index < -0.39 is 11.1 Å². The van der Waals surface area contributed by atoms with Crippen LogP contribution in [-0.2, 0) is 9.47 Å². The smallest absolute Gasteiger partial charge is 0.255 e. The highest BCUT2D eigenvalue weighted by Gasteiger charge is 2.15. The summed E-state index contributed by atoms with van der Waals surface area (Å²) in [6.45, 7) is 3.14. The quantitative estimate of drug-likeness (QED) is 0.446. The Kier molecular flexibility index (Phi) is 8.67. The van der Waals surface area contributed by atoms with E-state index in [2.05, 4.69) is 5.32 Å². The number of para-hydroxylation sites is 1. The Morgan fingerprint density at radius 2 is 1.56 bits per heavy atom. The van der Waals surface area contributed by atoms with Crippen LogP contribution in [0.4, 0.5) is 5.69 Å². The predicted molar refractivity (Wildman–Crippen MR) is 105 cm³/mol. The maximum Gasteiger partial charge on any atom is 0.255 e. The van der Waals surface area contributed by atoms with Crippen molar-refractivity contribution < 1.29 is 23.7 Å². The van der Waals surface area contributed by atoms with Crippen molar-refractivity contribution in [3.63, 3.8) is 0 Å². The van der Waals surface area contributed by atoms with Gasteiger partial charge in [-0.25, -0.2) is 0 Å². The van der Waals surface area contributed by atoms with E-state index in [1.165, 1.54) is 0 Å². The fourth-order valence-corrected chi connectivity index (χ4v) is 2.14. The lowest BCUT2D eigenvalue weighted by Gasteiger charge is -2.17. The van der Waals surface area contributed by atoms with E-state index >= 15 is 0 Å². The lowest BCUT2D eigenvalue weighted by atomic mass is 10.2. The Morgan fingerprint density at radius 1 is 0.926 bits per heavy atom. The molecule has 8 heteroatoms. The average Bonchev–Trinajstić information content (AvgIpc) is 2.63. The number of benzene rings is 2. The van der Waals surface area contributed by atoms with Crippen LogP contribution in [0.25, 0.3) is 0 Å². The molecule has 2 rings (SSSR count). The lowest BCUT2D eigenvalue weighted by molar-refractivity contribution is -0.00981. The molecular weight excluding hydrogens is 393 g/mol. The van der Waals surface area contributed by atoms with Crippen molar-refractivity contribution in [1.82, 2.24) is 0 Å². The molecule has 1 amide bonds. The number of carbonyl (C=O) groups is 1. The Morgan fingerprint density at radius 3 is 2.19 bits per heavy atom. The molecule has 0 saturated heterocycles. The predicted octanol–water partition coefficient (Wildman–Crippen LogP) is 4.81. The normalized spacial score (nSPS) is 12.9. The fourth-order valence-electron chi connectivity index (χ4n) is 2.04. The number of alkyl halides is 2. The van der Waals surface area contributed by atoms with Crippen LogP contribution in [0.5, 0.6) is 11.5 Å². The summed E-state index contributed by atoms with van der Waals surface area (Å²) in [7, 11) is 0. The molecule has 0 radical (unpaired) electrons. The fraction of sp³-hybridized carbons (Fsp3) is 0.316. The zero-order chi connectivity index (χ0) is 19.6. The first-order chi connectivity index (χ1) is 13.0. The minimum Gasteiger partial charge on any atom is -0.464 e. The summed E-state index contributed by atoms with van der Waals surface area (Å²) in [6, 6.07) is 13.9. The molecule has 0 aliphatic rings. The van der Waals surface area contributed by atoms with Gasteiger partial charge in [0.15, 0.2) is 25.1 Å². The van der Waals surface area contributed by atoms with Gasteiger partial charge < -0.3 is 24.3 Å². The molecule has 2 atom stereocenters. The standard InChI is InChI=1S/C19H21Cl2NO5/c1-13(20)24-11-26-17-10-6-9-16(18(17)27-12-25-14(2)21)22-19(23)15-7-4-3-5-8-15/h3-10,13-14H,11-12H2,1-2H3,(H,22,23). The molecule has 0 bridgehead atoms. The Hall–Kier alpha value is -1.99. The van der Waals surface area contributed by atoms with Gasteiger partial charge in [0, 0.05) is 5.56 Å². The minimum absolute atomic E-state index is 0.0795. The SMILES string of the molecule is CC(Cl)OCOc1cccc(NC(=O)c2ccccc2)c1OCOC(C)Cl. The van der Waals surface area contributed by atoms with Crippen LogP contribution in [-0.4, -0.2) is 30.6 Å². The van der Waals surface area contributed by atoms with E-state index in [1.807, 2.05) is 6.07 Å². The molecule has 1 N–H and O–H groups in total. The molecule has 0 fully saturated rings. The third kappa shape index (κ3) is 7.27. The second-order valence-electron chi connectivity index (χ2n) is 5.40. The number of hydrogen-bond donors (Lipinski definition) is 1. The van der Waals surface area contributed by atoms with Gasteiger partial charge in [-0.2, -0.15) is 0 Å². The molecular formula is C19H21Cl2NO5. The summed E-state index contributed by atoms with van der Waals surface area (Å²) in [5, 5.41) is 2.81. The second kappa shape index (κ2) is 11.0. The molecule has 0 aliphatic heterocycles.